The third-order valence-electron chi connectivity index (χ3n) is 3.11. The van der Waals surface area contributed by atoms with Gasteiger partial charge in [0.1, 0.15) is 5.82 Å². The molecule has 21 heavy (non-hydrogen) atoms. The van der Waals surface area contributed by atoms with Crippen molar-refractivity contribution in [2.24, 2.45) is 5.73 Å². The maximum absolute atomic E-state index is 10.9. The molecule has 5 N–H and O–H groups in total. The Balaban J connectivity index is 2.12. The number of nitrogens with two attached hydrogens (primary N) is 1. The number of carboxylic acid groups (broad SMARTS) is 1. The van der Waals surface area contributed by atoms with Crippen LogP contribution in [0.25, 0.3) is 11.4 Å². The maximum atomic E-state index is 10.9. The zero-order valence-electron chi connectivity index (χ0n) is 11.6. The molecule has 0 spiro atoms. The van der Waals surface area contributed by atoms with Crippen molar-refractivity contribution < 1.29 is 9.90 Å². The van der Waals surface area contributed by atoms with Crippen LogP contribution < -0.4 is 11.1 Å². The molecule has 1 atom stereocenters. The van der Waals surface area contributed by atoms with Gasteiger partial charge in [-0.1, -0.05) is 30.3 Å². The van der Waals surface area contributed by atoms with Crippen LogP contribution in [0.4, 0.5) is 4.79 Å². The smallest absolute Gasteiger partial charge is 0.405 e. The second kappa shape index (κ2) is 7.39. The topological polar surface area (TPSA) is 117 Å². The van der Waals surface area contributed by atoms with Gasteiger partial charge in [-0.3, -0.25) is 5.10 Å². The first-order valence-electron chi connectivity index (χ1n) is 6.88. The Morgan fingerprint density at radius 2 is 2.10 bits per heavy atom. The number of rotatable bonds is 7. The molecule has 0 bridgehead atoms. The molecule has 0 aliphatic carbocycles. The van der Waals surface area contributed by atoms with E-state index in [9.17, 15) is 4.79 Å². The van der Waals surface area contributed by atoms with E-state index in [4.69, 9.17) is 10.8 Å². The van der Waals surface area contributed by atoms with Crippen LogP contribution in [0.3, 0.4) is 0 Å². The molecule has 2 aromatic rings. The number of aromatic amines is 1. The molecule has 112 valence electrons. The molecule has 0 radical (unpaired) electrons. The summed E-state index contributed by atoms with van der Waals surface area (Å²) in [5.41, 5.74) is 6.35. The van der Waals surface area contributed by atoms with Crippen molar-refractivity contribution in [2.75, 3.05) is 6.54 Å². The van der Waals surface area contributed by atoms with E-state index >= 15 is 0 Å². The summed E-state index contributed by atoms with van der Waals surface area (Å²) in [5, 5.41) is 18.4. The van der Waals surface area contributed by atoms with Crippen molar-refractivity contribution in [3.05, 3.63) is 36.2 Å². The fraction of sp³-hybridized carbons (Fsp3) is 0.357. The van der Waals surface area contributed by atoms with Crippen molar-refractivity contribution in [1.82, 2.24) is 20.5 Å². The average molecular weight is 289 g/mol. The van der Waals surface area contributed by atoms with Gasteiger partial charge in [0.05, 0.1) is 6.04 Å². The second-order valence-corrected chi connectivity index (χ2v) is 4.70. The summed E-state index contributed by atoms with van der Waals surface area (Å²) in [6.45, 7) is 0.589. The molecule has 0 aliphatic rings. The standard InChI is InChI=1S/C14H19N5O2/c15-9-5-4-8-11(16-14(20)21)13-17-12(18-19-13)10-6-2-1-3-7-10/h1-3,6-7,11,16H,4-5,8-9,15H2,(H,20,21)(H,17,18,19). The molecule has 0 saturated carbocycles. The lowest BCUT2D eigenvalue weighted by atomic mass is 10.1. The zero-order valence-corrected chi connectivity index (χ0v) is 11.6. The van der Waals surface area contributed by atoms with Gasteiger partial charge in [0, 0.05) is 5.56 Å². The van der Waals surface area contributed by atoms with E-state index in [1.165, 1.54) is 0 Å². The van der Waals surface area contributed by atoms with E-state index in [2.05, 4.69) is 20.5 Å². The van der Waals surface area contributed by atoms with E-state index in [0.29, 0.717) is 24.6 Å². The van der Waals surface area contributed by atoms with E-state index in [0.717, 1.165) is 18.4 Å². The Kier molecular flexibility index (Phi) is 5.28. The highest BCUT2D eigenvalue weighted by atomic mass is 16.4. The Morgan fingerprint density at radius 3 is 2.76 bits per heavy atom. The summed E-state index contributed by atoms with van der Waals surface area (Å²) >= 11 is 0. The van der Waals surface area contributed by atoms with Gasteiger partial charge in [-0.25, -0.2) is 9.78 Å². The summed E-state index contributed by atoms with van der Waals surface area (Å²) in [4.78, 5) is 15.3. The van der Waals surface area contributed by atoms with Crippen LogP contribution >= 0.6 is 0 Å². The number of nitrogens with zero attached hydrogens (tertiary/aromatic N) is 2. The quantitative estimate of drug-likeness (QED) is 0.581. The molecule has 0 fully saturated rings. The number of benzene rings is 1. The highest BCUT2D eigenvalue weighted by Gasteiger charge is 2.18. The molecule has 7 heteroatoms. The number of aromatic nitrogens is 3. The third-order valence-corrected chi connectivity index (χ3v) is 3.11. The molecule has 0 aliphatic heterocycles. The molecule has 2 rings (SSSR count). The predicted molar refractivity (Wildman–Crippen MR) is 78.6 cm³/mol. The first-order chi connectivity index (χ1) is 10.2. The van der Waals surface area contributed by atoms with Gasteiger partial charge in [-0.05, 0) is 25.8 Å². The van der Waals surface area contributed by atoms with Gasteiger partial charge < -0.3 is 16.2 Å². The van der Waals surface area contributed by atoms with Gasteiger partial charge >= 0.3 is 6.09 Å². The first-order valence-corrected chi connectivity index (χ1v) is 6.88. The predicted octanol–water partition coefficient (Wildman–Crippen LogP) is 1.91. The van der Waals surface area contributed by atoms with Crippen molar-refractivity contribution in [3.8, 4) is 11.4 Å². The van der Waals surface area contributed by atoms with Gasteiger partial charge in [0.25, 0.3) is 0 Å². The minimum Gasteiger partial charge on any atom is -0.465 e. The minimum atomic E-state index is -1.08. The van der Waals surface area contributed by atoms with Crippen LogP contribution in [0, 0.1) is 0 Å². The summed E-state index contributed by atoms with van der Waals surface area (Å²) in [6, 6.07) is 9.12. The van der Waals surface area contributed by atoms with Crippen LogP contribution in [0.2, 0.25) is 0 Å². The summed E-state index contributed by atoms with van der Waals surface area (Å²) in [6.07, 6.45) is 1.22. The number of hydrogen-bond acceptors (Lipinski definition) is 4. The molecule has 1 aromatic carbocycles. The number of nitrogens with one attached hydrogen (secondary N) is 2. The van der Waals surface area contributed by atoms with E-state index in [1.807, 2.05) is 30.3 Å². The lowest BCUT2D eigenvalue weighted by Gasteiger charge is -2.13. The molecule has 1 aromatic heterocycles. The Labute approximate surface area is 122 Å². The number of carbonyl (C=O) groups is 1. The van der Waals surface area contributed by atoms with Crippen molar-refractivity contribution in [2.45, 2.75) is 25.3 Å². The Bertz CT molecular complexity index is 570. The zero-order chi connectivity index (χ0) is 15.1. The number of hydrogen-bond donors (Lipinski definition) is 4. The van der Waals surface area contributed by atoms with Crippen LogP contribution in [0.15, 0.2) is 30.3 Å². The fourth-order valence-corrected chi connectivity index (χ4v) is 2.07. The summed E-state index contributed by atoms with van der Waals surface area (Å²) in [5.74, 6) is 1.08. The maximum Gasteiger partial charge on any atom is 0.405 e. The molecule has 1 amide bonds. The SMILES string of the molecule is NCCCCC(NC(=O)O)c1nc(-c2ccccc2)n[nH]1. The summed E-state index contributed by atoms with van der Waals surface area (Å²) < 4.78 is 0. The van der Waals surface area contributed by atoms with Crippen LogP contribution in [0.1, 0.15) is 31.1 Å². The lowest BCUT2D eigenvalue weighted by molar-refractivity contribution is 0.188. The number of unbranched alkanes of at least 4 members (excludes halogenated alkanes) is 1. The number of H-pyrrole nitrogens is 1. The normalized spacial score (nSPS) is 12.0. The van der Waals surface area contributed by atoms with Gasteiger partial charge in [0.15, 0.2) is 5.82 Å². The second-order valence-electron chi connectivity index (χ2n) is 4.70. The van der Waals surface area contributed by atoms with Crippen LogP contribution in [0.5, 0.6) is 0 Å². The molecule has 0 saturated heterocycles. The molecular formula is C14H19N5O2. The van der Waals surface area contributed by atoms with Crippen molar-refractivity contribution >= 4 is 6.09 Å². The van der Waals surface area contributed by atoms with Crippen molar-refractivity contribution in [3.63, 3.8) is 0 Å². The molecule has 1 heterocycles. The van der Waals surface area contributed by atoms with E-state index in [-0.39, 0.29) is 0 Å². The lowest BCUT2D eigenvalue weighted by Crippen LogP contribution is -2.27. The molecule has 7 nitrogen and oxygen atoms in total. The first kappa shape index (κ1) is 15.0. The largest absolute Gasteiger partial charge is 0.465 e. The van der Waals surface area contributed by atoms with Gasteiger partial charge in [-0.2, -0.15) is 5.10 Å². The monoisotopic (exact) mass is 289 g/mol. The van der Waals surface area contributed by atoms with Gasteiger partial charge in [0.2, 0.25) is 0 Å². The highest BCUT2D eigenvalue weighted by molar-refractivity contribution is 5.65. The van der Waals surface area contributed by atoms with Crippen LogP contribution in [-0.2, 0) is 0 Å². The molecule has 1 unspecified atom stereocenters. The van der Waals surface area contributed by atoms with Gasteiger partial charge in [-0.15, -0.1) is 0 Å². The fourth-order valence-electron chi connectivity index (χ4n) is 2.07. The van der Waals surface area contributed by atoms with Crippen LogP contribution in [-0.4, -0.2) is 32.9 Å². The third kappa shape index (κ3) is 4.28. The minimum absolute atomic E-state index is 0.404. The highest BCUT2D eigenvalue weighted by Crippen LogP contribution is 2.19. The average Bonchev–Trinajstić information content (AvgIpc) is 2.97. The van der Waals surface area contributed by atoms with E-state index < -0.39 is 12.1 Å². The summed E-state index contributed by atoms with van der Waals surface area (Å²) in [7, 11) is 0. The Hall–Kier alpha value is -2.41. The Morgan fingerprint density at radius 1 is 1.33 bits per heavy atom. The molecular weight excluding hydrogens is 270 g/mol. The van der Waals surface area contributed by atoms with Crippen molar-refractivity contribution in [1.29, 1.82) is 0 Å². The number of amides is 1. The van der Waals surface area contributed by atoms with E-state index in [1.54, 1.807) is 0 Å².